The highest BCUT2D eigenvalue weighted by molar-refractivity contribution is 9.10. The third-order valence-electron chi connectivity index (χ3n) is 3.21. The normalized spacial score (nSPS) is 12.3. The van der Waals surface area contributed by atoms with Gasteiger partial charge in [-0.15, -0.1) is 0 Å². The first-order chi connectivity index (χ1) is 10.5. The van der Waals surface area contributed by atoms with Crippen molar-refractivity contribution < 1.29 is 4.74 Å². The first kappa shape index (κ1) is 15.1. The van der Waals surface area contributed by atoms with Crippen LogP contribution in [-0.4, -0.2) is 9.97 Å². The summed E-state index contributed by atoms with van der Waals surface area (Å²) < 4.78 is 6.60. The van der Waals surface area contributed by atoms with Crippen molar-refractivity contribution in [2.24, 2.45) is 0 Å². The van der Waals surface area contributed by atoms with E-state index < -0.39 is 6.10 Å². The Morgan fingerprint density at radius 3 is 2.82 bits per heavy atom. The lowest BCUT2D eigenvalue weighted by Crippen LogP contribution is -2.16. The number of aromatic nitrogens is 2. The van der Waals surface area contributed by atoms with Crippen LogP contribution in [0.15, 0.2) is 51.7 Å². The Balaban J connectivity index is 1.95. The molecule has 0 spiro atoms. The van der Waals surface area contributed by atoms with E-state index in [2.05, 4.69) is 25.9 Å². The summed E-state index contributed by atoms with van der Waals surface area (Å²) in [4.78, 5) is 19.3. The quantitative estimate of drug-likeness (QED) is 0.730. The Morgan fingerprint density at radius 1 is 1.27 bits per heavy atom. The average Bonchev–Trinajstić information content (AvgIpc) is 2.50. The molecule has 6 heteroatoms. The lowest BCUT2D eigenvalue weighted by Gasteiger charge is -2.15. The molecule has 3 aromatic rings. The molecule has 22 heavy (non-hydrogen) atoms. The molecular weight excluding hydrogens is 368 g/mol. The van der Waals surface area contributed by atoms with Gasteiger partial charge in [0.2, 0.25) is 0 Å². The molecule has 2 aromatic carbocycles. The average molecular weight is 380 g/mol. The number of H-pyrrole nitrogens is 1. The van der Waals surface area contributed by atoms with Crippen LogP contribution in [0.5, 0.6) is 5.75 Å². The van der Waals surface area contributed by atoms with Crippen molar-refractivity contribution in [2.45, 2.75) is 13.0 Å². The summed E-state index contributed by atoms with van der Waals surface area (Å²) in [5.41, 5.74) is 0.470. The van der Waals surface area contributed by atoms with E-state index in [1.54, 1.807) is 30.3 Å². The Hall–Kier alpha value is -1.85. The van der Waals surface area contributed by atoms with E-state index in [0.717, 1.165) is 4.47 Å². The Bertz CT molecular complexity index is 895. The van der Waals surface area contributed by atoms with Gasteiger partial charge >= 0.3 is 0 Å². The second-order valence-corrected chi connectivity index (χ2v) is 6.09. The minimum atomic E-state index is -0.408. The van der Waals surface area contributed by atoms with Crippen LogP contribution in [0.1, 0.15) is 18.9 Å². The zero-order valence-electron chi connectivity index (χ0n) is 11.6. The molecule has 3 rings (SSSR count). The molecule has 0 aliphatic carbocycles. The van der Waals surface area contributed by atoms with Gasteiger partial charge in [-0.05, 0) is 53.2 Å². The van der Waals surface area contributed by atoms with Crippen molar-refractivity contribution in [3.8, 4) is 5.75 Å². The summed E-state index contributed by atoms with van der Waals surface area (Å²) in [6.45, 7) is 1.83. The highest BCUT2D eigenvalue weighted by Crippen LogP contribution is 2.31. The maximum Gasteiger partial charge on any atom is 0.258 e. The molecule has 0 saturated carbocycles. The van der Waals surface area contributed by atoms with Crippen LogP contribution < -0.4 is 10.3 Å². The number of aromatic amines is 1. The predicted molar refractivity (Wildman–Crippen MR) is 90.6 cm³/mol. The first-order valence-corrected chi connectivity index (χ1v) is 7.82. The Labute approximate surface area is 140 Å². The summed E-state index contributed by atoms with van der Waals surface area (Å²) in [6.07, 6.45) is -0.408. The molecule has 0 bridgehead atoms. The summed E-state index contributed by atoms with van der Waals surface area (Å²) in [7, 11) is 0. The van der Waals surface area contributed by atoms with Gasteiger partial charge < -0.3 is 9.72 Å². The van der Waals surface area contributed by atoms with Gasteiger partial charge in [0.1, 0.15) is 5.75 Å². The first-order valence-electron chi connectivity index (χ1n) is 6.65. The minimum absolute atomic E-state index is 0.175. The van der Waals surface area contributed by atoms with Crippen LogP contribution in [0, 0.1) is 0 Å². The molecular formula is C16H12BrClN2O2. The molecule has 0 radical (unpaired) electrons. The van der Waals surface area contributed by atoms with E-state index in [1.807, 2.05) is 19.1 Å². The number of benzene rings is 2. The van der Waals surface area contributed by atoms with Gasteiger partial charge in [-0.3, -0.25) is 4.79 Å². The summed E-state index contributed by atoms with van der Waals surface area (Å²) >= 11 is 9.31. The molecule has 1 atom stereocenters. The fourth-order valence-corrected chi connectivity index (χ4v) is 2.89. The van der Waals surface area contributed by atoms with Crippen molar-refractivity contribution in [3.63, 3.8) is 0 Å². The van der Waals surface area contributed by atoms with Gasteiger partial charge in [0.15, 0.2) is 11.9 Å². The maximum absolute atomic E-state index is 12.1. The summed E-state index contributed by atoms with van der Waals surface area (Å²) in [5.74, 6) is 1.11. The van der Waals surface area contributed by atoms with Gasteiger partial charge in [-0.1, -0.05) is 23.7 Å². The van der Waals surface area contributed by atoms with Crippen molar-refractivity contribution in [3.05, 3.63) is 68.1 Å². The highest BCUT2D eigenvalue weighted by atomic mass is 79.9. The Morgan fingerprint density at radius 2 is 2.05 bits per heavy atom. The molecule has 1 heterocycles. The molecule has 0 saturated heterocycles. The summed E-state index contributed by atoms with van der Waals surface area (Å²) in [5, 5.41) is 1.18. The predicted octanol–water partition coefficient (Wildman–Crippen LogP) is 4.48. The number of rotatable bonds is 3. The second kappa shape index (κ2) is 6.10. The second-order valence-electron chi connectivity index (χ2n) is 4.80. The molecule has 0 aliphatic rings. The van der Waals surface area contributed by atoms with E-state index in [0.29, 0.717) is 27.5 Å². The molecule has 0 aliphatic heterocycles. The van der Waals surface area contributed by atoms with Crippen LogP contribution in [0.25, 0.3) is 10.9 Å². The lowest BCUT2D eigenvalue weighted by atomic mass is 10.2. The fourth-order valence-electron chi connectivity index (χ4n) is 2.11. The standard InChI is InChI=1S/C16H12BrClN2O2/c1-9(22-14-7-6-10(18)8-12(14)17)15-19-13-5-3-2-4-11(13)16(21)20-15/h2-9H,1H3,(H,19,20,21)/t9-/m0/s1. The van der Waals surface area contributed by atoms with Gasteiger partial charge in [0, 0.05) is 5.02 Å². The SMILES string of the molecule is C[C@H](Oc1ccc(Cl)cc1Br)c1nc2ccccc2c(=O)[nH]1. The number of halogens is 2. The van der Waals surface area contributed by atoms with E-state index >= 15 is 0 Å². The van der Waals surface area contributed by atoms with Gasteiger partial charge in [0.05, 0.1) is 15.4 Å². The molecule has 1 aromatic heterocycles. The number of ether oxygens (including phenoxy) is 1. The monoisotopic (exact) mass is 378 g/mol. The number of hydrogen-bond acceptors (Lipinski definition) is 3. The van der Waals surface area contributed by atoms with E-state index in [1.165, 1.54) is 0 Å². The Kier molecular flexibility index (Phi) is 4.18. The van der Waals surface area contributed by atoms with E-state index in [9.17, 15) is 4.79 Å². The third-order valence-corrected chi connectivity index (χ3v) is 4.07. The maximum atomic E-state index is 12.1. The summed E-state index contributed by atoms with van der Waals surface area (Å²) in [6, 6.07) is 12.5. The van der Waals surface area contributed by atoms with Crippen LogP contribution >= 0.6 is 27.5 Å². The lowest BCUT2D eigenvalue weighted by molar-refractivity contribution is 0.215. The molecule has 0 amide bonds. The number of fused-ring (bicyclic) bond motifs is 1. The van der Waals surface area contributed by atoms with Crippen molar-refractivity contribution in [2.75, 3.05) is 0 Å². The zero-order chi connectivity index (χ0) is 15.7. The fraction of sp³-hybridized carbons (Fsp3) is 0.125. The molecule has 1 N–H and O–H groups in total. The van der Waals surface area contributed by atoms with Gasteiger partial charge in [0.25, 0.3) is 5.56 Å². The smallest absolute Gasteiger partial charge is 0.258 e. The van der Waals surface area contributed by atoms with Crippen molar-refractivity contribution in [1.82, 2.24) is 9.97 Å². The largest absolute Gasteiger partial charge is 0.482 e. The molecule has 112 valence electrons. The van der Waals surface area contributed by atoms with Crippen LogP contribution in [0.4, 0.5) is 0 Å². The van der Waals surface area contributed by atoms with Gasteiger partial charge in [-0.2, -0.15) is 0 Å². The van der Waals surface area contributed by atoms with Crippen molar-refractivity contribution >= 4 is 38.4 Å². The number of nitrogens with one attached hydrogen (secondary N) is 1. The number of hydrogen-bond donors (Lipinski definition) is 1. The van der Waals surface area contributed by atoms with E-state index in [-0.39, 0.29) is 5.56 Å². The molecule has 0 unspecified atom stereocenters. The molecule has 4 nitrogen and oxygen atoms in total. The minimum Gasteiger partial charge on any atom is -0.482 e. The van der Waals surface area contributed by atoms with Crippen molar-refractivity contribution in [1.29, 1.82) is 0 Å². The van der Waals surface area contributed by atoms with E-state index in [4.69, 9.17) is 16.3 Å². The van der Waals surface area contributed by atoms with Crippen LogP contribution in [0.3, 0.4) is 0 Å². The number of nitrogens with zero attached hydrogens (tertiary/aromatic N) is 1. The van der Waals surface area contributed by atoms with Crippen LogP contribution in [0.2, 0.25) is 5.02 Å². The van der Waals surface area contributed by atoms with Gasteiger partial charge in [-0.25, -0.2) is 4.98 Å². The zero-order valence-corrected chi connectivity index (χ0v) is 14.0. The topological polar surface area (TPSA) is 55.0 Å². The number of para-hydroxylation sites is 1. The molecule has 0 fully saturated rings. The third kappa shape index (κ3) is 3.00. The highest BCUT2D eigenvalue weighted by Gasteiger charge is 2.14. The van der Waals surface area contributed by atoms with Crippen LogP contribution in [-0.2, 0) is 0 Å².